The molecule has 3 N–H and O–H groups in total. The van der Waals surface area contributed by atoms with Gasteiger partial charge in [-0.1, -0.05) is 0 Å². The van der Waals surface area contributed by atoms with Crippen LogP contribution in [0.15, 0.2) is 0 Å². The van der Waals surface area contributed by atoms with Crippen LogP contribution in [0.4, 0.5) is 0 Å². The molecule has 14 nitrogen and oxygen atoms in total. The van der Waals surface area contributed by atoms with E-state index in [2.05, 4.69) is 0 Å². The zero-order chi connectivity index (χ0) is 30.6. The van der Waals surface area contributed by atoms with E-state index in [0.717, 1.165) is 0 Å². The van der Waals surface area contributed by atoms with E-state index in [4.69, 9.17) is 42.6 Å². The van der Waals surface area contributed by atoms with E-state index in [1.165, 1.54) is 13.8 Å². The number of aliphatic hydroxyl groups excluding tert-OH is 3. The molecular formula is C28H46O14. The number of rotatable bonds is 9. The Kier molecular flexibility index (Phi) is 12.0. The first-order valence-corrected chi connectivity index (χ1v) is 14.8. The highest BCUT2D eigenvalue weighted by Gasteiger charge is 2.45. The molecule has 4 saturated heterocycles. The van der Waals surface area contributed by atoms with Gasteiger partial charge in [0.25, 0.3) is 0 Å². The molecule has 242 valence electrons. The Bertz CT molecular complexity index is 877. The van der Waals surface area contributed by atoms with Crippen LogP contribution in [0, 0.1) is 0 Å². The van der Waals surface area contributed by atoms with Gasteiger partial charge in [-0.05, 0) is 33.6 Å². The standard InChI is InChI=1S/C28H46O14/c1-13-18(31)6-8-25(35-13)42-27-15(3)37-26(10-19(27)32)40-20-7-9-24(36-14(20)2)41-21-11-23(33)39-22(12-34-16(4)29)28(21)38-17(5)30/h13-15,18-28,31-33H,6-12H2,1-5H3. The maximum atomic E-state index is 11.8. The molecule has 4 fully saturated rings. The molecule has 0 aromatic heterocycles. The van der Waals surface area contributed by atoms with Crippen molar-refractivity contribution in [1.82, 2.24) is 0 Å². The van der Waals surface area contributed by atoms with Gasteiger partial charge in [0.1, 0.15) is 24.9 Å². The number of ether oxygens (including phenoxy) is 9. The zero-order valence-corrected chi connectivity index (χ0v) is 24.9. The molecule has 0 radical (unpaired) electrons. The van der Waals surface area contributed by atoms with Crippen LogP contribution in [0.2, 0.25) is 0 Å². The molecule has 4 heterocycles. The molecule has 4 rings (SSSR count). The van der Waals surface area contributed by atoms with E-state index >= 15 is 0 Å². The molecule has 0 saturated carbocycles. The van der Waals surface area contributed by atoms with Crippen molar-refractivity contribution in [1.29, 1.82) is 0 Å². The minimum atomic E-state index is -1.20. The van der Waals surface area contributed by atoms with E-state index in [0.29, 0.717) is 25.7 Å². The normalized spacial score (nSPS) is 44.8. The second-order valence-corrected chi connectivity index (χ2v) is 11.5. The molecule has 0 spiro atoms. The first-order valence-electron chi connectivity index (χ1n) is 14.8. The summed E-state index contributed by atoms with van der Waals surface area (Å²) in [4.78, 5) is 23.1. The Morgan fingerprint density at radius 1 is 0.667 bits per heavy atom. The van der Waals surface area contributed by atoms with Crippen molar-refractivity contribution in [3.8, 4) is 0 Å². The van der Waals surface area contributed by atoms with Crippen LogP contribution >= 0.6 is 0 Å². The minimum absolute atomic E-state index is 0.0308. The van der Waals surface area contributed by atoms with E-state index in [9.17, 15) is 24.9 Å². The number of esters is 2. The van der Waals surface area contributed by atoms with Crippen LogP contribution in [0.5, 0.6) is 0 Å². The Hall–Kier alpha value is -1.46. The van der Waals surface area contributed by atoms with Crippen LogP contribution in [-0.2, 0) is 52.2 Å². The van der Waals surface area contributed by atoms with E-state index in [-0.39, 0.29) is 31.7 Å². The summed E-state index contributed by atoms with van der Waals surface area (Å²) in [7, 11) is 0. The monoisotopic (exact) mass is 606 g/mol. The summed E-state index contributed by atoms with van der Waals surface area (Å²) in [5.74, 6) is -1.10. The number of hydrogen-bond donors (Lipinski definition) is 3. The van der Waals surface area contributed by atoms with Gasteiger partial charge in [-0.2, -0.15) is 0 Å². The van der Waals surface area contributed by atoms with Gasteiger partial charge in [0.2, 0.25) is 0 Å². The molecule has 0 aromatic carbocycles. The molecule has 4 aliphatic heterocycles. The van der Waals surface area contributed by atoms with E-state index in [1.54, 1.807) is 6.92 Å². The second-order valence-electron chi connectivity index (χ2n) is 11.5. The average molecular weight is 607 g/mol. The van der Waals surface area contributed by atoms with Crippen molar-refractivity contribution >= 4 is 11.9 Å². The lowest BCUT2D eigenvalue weighted by Crippen LogP contribution is -2.55. The van der Waals surface area contributed by atoms with Gasteiger partial charge >= 0.3 is 11.9 Å². The first kappa shape index (κ1) is 33.4. The molecule has 0 amide bonds. The van der Waals surface area contributed by atoms with Gasteiger partial charge in [-0.3, -0.25) is 9.59 Å². The Labute approximate surface area is 245 Å². The average Bonchev–Trinajstić information content (AvgIpc) is 2.90. The van der Waals surface area contributed by atoms with Gasteiger partial charge in [0.05, 0.1) is 36.6 Å². The lowest BCUT2D eigenvalue weighted by Gasteiger charge is -2.44. The van der Waals surface area contributed by atoms with Crippen LogP contribution in [-0.4, -0.2) is 120 Å². The fourth-order valence-corrected chi connectivity index (χ4v) is 5.84. The second kappa shape index (κ2) is 15.0. The van der Waals surface area contributed by atoms with Gasteiger partial charge in [-0.15, -0.1) is 0 Å². The minimum Gasteiger partial charge on any atom is -0.463 e. The largest absolute Gasteiger partial charge is 0.463 e. The summed E-state index contributed by atoms with van der Waals surface area (Å²) >= 11 is 0. The predicted molar refractivity (Wildman–Crippen MR) is 140 cm³/mol. The molecule has 42 heavy (non-hydrogen) atoms. The number of carbonyl (C=O) groups excluding carboxylic acids is 2. The summed E-state index contributed by atoms with van der Waals surface area (Å²) in [6, 6.07) is 0. The highest BCUT2D eigenvalue weighted by atomic mass is 16.7. The fourth-order valence-electron chi connectivity index (χ4n) is 5.84. The van der Waals surface area contributed by atoms with Gasteiger partial charge in [0, 0.05) is 39.5 Å². The van der Waals surface area contributed by atoms with Crippen molar-refractivity contribution in [3.63, 3.8) is 0 Å². The lowest BCUT2D eigenvalue weighted by molar-refractivity contribution is -0.328. The molecule has 14 heteroatoms. The molecule has 14 atom stereocenters. The molecule has 0 aliphatic carbocycles. The zero-order valence-electron chi connectivity index (χ0n) is 24.9. The van der Waals surface area contributed by atoms with Gasteiger partial charge in [-0.25, -0.2) is 0 Å². The molecule has 14 unspecified atom stereocenters. The van der Waals surface area contributed by atoms with Crippen molar-refractivity contribution in [2.24, 2.45) is 0 Å². The summed E-state index contributed by atoms with van der Waals surface area (Å²) in [5, 5.41) is 31.0. The Morgan fingerprint density at radius 3 is 1.95 bits per heavy atom. The Morgan fingerprint density at radius 2 is 1.31 bits per heavy atom. The third-order valence-electron chi connectivity index (χ3n) is 8.04. The fraction of sp³-hybridized carbons (Fsp3) is 0.929. The van der Waals surface area contributed by atoms with Crippen LogP contribution in [0.1, 0.15) is 73.1 Å². The molecule has 0 bridgehead atoms. The maximum Gasteiger partial charge on any atom is 0.303 e. The molecule has 4 aliphatic rings. The van der Waals surface area contributed by atoms with Crippen LogP contribution in [0.25, 0.3) is 0 Å². The van der Waals surface area contributed by atoms with Gasteiger partial charge in [0.15, 0.2) is 31.3 Å². The quantitative estimate of drug-likeness (QED) is 0.312. The topological polar surface area (TPSA) is 178 Å². The van der Waals surface area contributed by atoms with Crippen LogP contribution < -0.4 is 0 Å². The van der Waals surface area contributed by atoms with E-state index < -0.39 is 85.9 Å². The predicted octanol–water partition coefficient (Wildman–Crippen LogP) is 0.651. The van der Waals surface area contributed by atoms with Crippen molar-refractivity contribution in [2.75, 3.05) is 6.61 Å². The third-order valence-corrected chi connectivity index (χ3v) is 8.04. The number of aliphatic hydroxyl groups is 3. The maximum absolute atomic E-state index is 11.8. The highest BCUT2D eigenvalue weighted by Crippen LogP contribution is 2.33. The van der Waals surface area contributed by atoms with Crippen molar-refractivity contribution in [2.45, 2.75) is 159 Å². The van der Waals surface area contributed by atoms with Crippen molar-refractivity contribution < 1.29 is 67.5 Å². The summed E-state index contributed by atoms with van der Waals surface area (Å²) < 4.78 is 52.1. The number of hydrogen-bond acceptors (Lipinski definition) is 14. The summed E-state index contributed by atoms with van der Waals surface area (Å²) in [6.45, 7) is 7.73. The Balaban J connectivity index is 1.27. The van der Waals surface area contributed by atoms with Crippen LogP contribution in [0.3, 0.4) is 0 Å². The third kappa shape index (κ3) is 9.03. The van der Waals surface area contributed by atoms with Gasteiger partial charge < -0.3 is 58.0 Å². The SMILES string of the molecule is CC(=O)OCC1OC(O)CC(OC2CCC(OC3CC(O)C(OC4CCC(O)C(C)O4)C(C)O3)C(C)O2)C1OC(C)=O. The van der Waals surface area contributed by atoms with Crippen molar-refractivity contribution in [3.05, 3.63) is 0 Å². The first-order chi connectivity index (χ1) is 19.9. The lowest BCUT2D eigenvalue weighted by atomic mass is 10.00. The summed E-state index contributed by atoms with van der Waals surface area (Å²) in [5.41, 5.74) is 0. The molecular weight excluding hydrogens is 560 g/mol. The van der Waals surface area contributed by atoms with E-state index in [1.807, 2.05) is 13.8 Å². The summed E-state index contributed by atoms with van der Waals surface area (Å²) in [6.07, 6.45) is -6.81. The highest BCUT2D eigenvalue weighted by molar-refractivity contribution is 5.66. The number of carbonyl (C=O) groups is 2. The molecule has 0 aromatic rings. The smallest absolute Gasteiger partial charge is 0.303 e.